The third-order valence-corrected chi connectivity index (χ3v) is 3.15. The molecule has 0 unspecified atom stereocenters. The molecule has 2 rings (SSSR count). The van der Waals surface area contributed by atoms with Gasteiger partial charge in [0.1, 0.15) is 10.6 Å². The predicted octanol–water partition coefficient (Wildman–Crippen LogP) is 2.36. The average molecular weight is 356 g/mol. The van der Waals surface area contributed by atoms with Crippen molar-refractivity contribution in [2.75, 3.05) is 0 Å². The Hall–Kier alpha value is -3.75. The molecule has 0 aliphatic heterocycles. The van der Waals surface area contributed by atoms with Crippen molar-refractivity contribution in [3.63, 3.8) is 0 Å². The van der Waals surface area contributed by atoms with Crippen LogP contribution >= 0.6 is 0 Å². The van der Waals surface area contributed by atoms with Gasteiger partial charge in [0.15, 0.2) is 5.76 Å². The maximum Gasteiger partial charge on any atom is 0.433 e. The van der Waals surface area contributed by atoms with E-state index in [9.17, 15) is 19.7 Å². The number of benzene rings is 1. The van der Waals surface area contributed by atoms with E-state index in [2.05, 4.69) is 15.8 Å². The lowest BCUT2D eigenvalue weighted by Gasteiger charge is -2.10. The number of nitrogens with zero attached hydrogens (tertiary/aromatic N) is 2. The highest BCUT2D eigenvalue weighted by molar-refractivity contribution is 6.03. The van der Waals surface area contributed by atoms with Crippen molar-refractivity contribution < 1.29 is 18.9 Å². The summed E-state index contributed by atoms with van der Waals surface area (Å²) < 4.78 is 4.88. The molecule has 134 valence electrons. The van der Waals surface area contributed by atoms with E-state index in [1.807, 2.05) is 0 Å². The van der Waals surface area contributed by atoms with Gasteiger partial charge in [-0.1, -0.05) is 18.2 Å². The Morgan fingerprint density at radius 2 is 1.85 bits per heavy atom. The van der Waals surface area contributed by atoms with Gasteiger partial charge in [0.05, 0.1) is 12.3 Å². The minimum atomic E-state index is -0.684. The second kappa shape index (κ2) is 8.38. The van der Waals surface area contributed by atoms with Crippen LogP contribution in [0.5, 0.6) is 0 Å². The van der Waals surface area contributed by atoms with Crippen LogP contribution in [0, 0.1) is 10.1 Å². The summed E-state index contributed by atoms with van der Waals surface area (Å²) >= 11 is 0. The maximum absolute atomic E-state index is 12.2. The fourth-order valence-electron chi connectivity index (χ4n) is 1.90. The monoisotopic (exact) mass is 356 g/mol. The number of carbonyl (C=O) groups excluding carboxylic acids is 2. The van der Waals surface area contributed by atoms with E-state index in [1.165, 1.54) is 12.1 Å². The molecule has 2 N–H and O–H groups in total. The number of furan rings is 1. The van der Waals surface area contributed by atoms with Crippen LogP contribution in [0.15, 0.2) is 63.3 Å². The molecule has 0 bridgehead atoms. The van der Waals surface area contributed by atoms with Crippen LogP contribution in [0.4, 0.5) is 5.88 Å². The molecule has 0 saturated heterocycles. The molecule has 0 atom stereocenters. The Bertz CT molecular complexity index is 880. The van der Waals surface area contributed by atoms with Crippen LogP contribution < -0.4 is 10.7 Å². The Morgan fingerprint density at radius 3 is 2.42 bits per heavy atom. The summed E-state index contributed by atoms with van der Waals surface area (Å²) in [6.07, 6.45) is 1.12. The van der Waals surface area contributed by atoms with Gasteiger partial charge in [-0.05, 0) is 37.6 Å². The normalized spacial score (nSPS) is 10.4. The number of hydrogen-bond donors (Lipinski definition) is 2. The molecule has 0 aliphatic rings. The fraction of sp³-hybridized carbons (Fsp3) is 0.118. The van der Waals surface area contributed by atoms with Crippen molar-refractivity contribution in [1.82, 2.24) is 10.7 Å². The van der Waals surface area contributed by atoms with Crippen molar-refractivity contribution in [3.8, 4) is 0 Å². The van der Waals surface area contributed by atoms with Gasteiger partial charge in [0.2, 0.25) is 0 Å². The molecule has 0 fully saturated rings. The number of amides is 2. The minimum absolute atomic E-state index is 0.0569. The summed E-state index contributed by atoms with van der Waals surface area (Å²) in [7, 11) is 0. The van der Waals surface area contributed by atoms with Gasteiger partial charge in [-0.15, -0.1) is 0 Å². The largest absolute Gasteiger partial charge is 0.433 e. The molecule has 9 heteroatoms. The minimum Gasteiger partial charge on any atom is -0.400 e. The highest BCUT2D eigenvalue weighted by Gasteiger charge is 2.15. The molecule has 26 heavy (non-hydrogen) atoms. The van der Waals surface area contributed by atoms with Crippen LogP contribution in [0.1, 0.15) is 30.0 Å². The Morgan fingerprint density at radius 1 is 1.15 bits per heavy atom. The van der Waals surface area contributed by atoms with Gasteiger partial charge in [-0.3, -0.25) is 19.7 Å². The summed E-state index contributed by atoms with van der Waals surface area (Å²) in [6.45, 7) is 3.33. The van der Waals surface area contributed by atoms with Crippen LogP contribution in [-0.4, -0.2) is 23.0 Å². The number of nitro groups is 1. The molecule has 9 nitrogen and oxygen atoms in total. The molecule has 1 aromatic heterocycles. The number of hydrazone groups is 1. The van der Waals surface area contributed by atoms with E-state index in [0.717, 1.165) is 6.21 Å². The van der Waals surface area contributed by atoms with Crippen molar-refractivity contribution in [2.45, 2.75) is 13.8 Å². The van der Waals surface area contributed by atoms with E-state index >= 15 is 0 Å². The Kier molecular flexibility index (Phi) is 5.99. The van der Waals surface area contributed by atoms with Gasteiger partial charge in [-0.2, -0.15) is 5.10 Å². The summed E-state index contributed by atoms with van der Waals surface area (Å²) in [5, 5.41) is 16.7. The average Bonchev–Trinajstić information content (AvgIpc) is 3.09. The zero-order chi connectivity index (χ0) is 19.1. The van der Waals surface area contributed by atoms with Gasteiger partial charge in [0.25, 0.3) is 11.8 Å². The highest BCUT2D eigenvalue weighted by atomic mass is 16.6. The number of allylic oxidation sites excluding steroid dienone is 1. The zero-order valence-electron chi connectivity index (χ0n) is 14.1. The number of nitrogens with one attached hydrogen (secondary N) is 2. The van der Waals surface area contributed by atoms with Crippen molar-refractivity contribution in [1.29, 1.82) is 0 Å². The molecular weight excluding hydrogens is 340 g/mol. The Labute approximate surface area is 148 Å². The quantitative estimate of drug-likeness (QED) is 0.355. The molecule has 1 aromatic carbocycles. The van der Waals surface area contributed by atoms with Crippen LogP contribution in [0.3, 0.4) is 0 Å². The summed E-state index contributed by atoms with van der Waals surface area (Å²) in [6, 6.07) is 11.0. The van der Waals surface area contributed by atoms with Crippen LogP contribution in [-0.2, 0) is 4.79 Å². The topological polar surface area (TPSA) is 127 Å². The first-order valence-electron chi connectivity index (χ1n) is 7.50. The second-order valence-corrected chi connectivity index (χ2v) is 5.33. The predicted molar refractivity (Wildman–Crippen MR) is 93.4 cm³/mol. The lowest BCUT2D eigenvalue weighted by molar-refractivity contribution is -0.402. The second-order valence-electron chi connectivity index (χ2n) is 5.33. The van der Waals surface area contributed by atoms with Gasteiger partial charge >= 0.3 is 5.88 Å². The molecule has 0 radical (unpaired) electrons. The van der Waals surface area contributed by atoms with E-state index in [1.54, 1.807) is 44.2 Å². The van der Waals surface area contributed by atoms with Gasteiger partial charge in [0, 0.05) is 5.56 Å². The summed E-state index contributed by atoms with van der Waals surface area (Å²) in [5.41, 5.74) is 3.28. The molecule has 2 amide bonds. The van der Waals surface area contributed by atoms with E-state index in [4.69, 9.17) is 4.42 Å². The lowest BCUT2D eigenvalue weighted by Crippen LogP contribution is -2.33. The third-order valence-electron chi connectivity index (χ3n) is 3.15. The third kappa shape index (κ3) is 4.87. The molecule has 2 aromatic rings. The number of hydrogen-bond acceptors (Lipinski definition) is 6. The molecule has 1 heterocycles. The molecule has 0 saturated carbocycles. The van der Waals surface area contributed by atoms with E-state index < -0.39 is 22.6 Å². The van der Waals surface area contributed by atoms with Crippen molar-refractivity contribution >= 4 is 23.9 Å². The fourth-order valence-corrected chi connectivity index (χ4v) is 1.90. The number of carbonyl (C=O) groups is 2. The van der Waals surface area contributed by atoms with Crippen LogP contribution in [0.25, 0.3) is 0 Å². The van der Waals surface area contributed by atoms with Gasteiger partial charge < -0.3 is 9.73 Å². The SMILES string of the molecule is CC(C)=C(NC(=O)c1ccccc1)C(=O)NN=Cc1ccc([N+](=O)[O-])o1. The standard InChI is InChI=1S/C17H16N4O5/c1-11(2)15(19-16(22)12-6-4-3-5-7-12)17(23)20-18-10-13-8-9-14(26-13)21(24)25/h3-10H,1-2H3,(H,19,22)(H,20,23). The molecule has 0 aliphatic carbocycles. The highest BCUT2D eigenvalue weighted by Crippen LogP contribution is 2.13. The molecule has 0 spiro atoms. The van der Waals surface area contributed by atoms with E-state index in [0.29, 0.717) is 11.1 Å². The first kappa shape index (κ1) is 18.6. The number of rotatable bonds is 6. The van der Waals surface area contributed by atoms with Crippen LogP contribution in [0.2, 0.25) is 0 Å². The zero-order valence-corrected chi connectivity index (χ0v) is 14.1. The molecular formula is C17H16N4O5. The van der Waals surface area contributed by atoms with Crippen molar-refractivity contribution in [3.05, 3.63) is 75.2 Å². The summed E-state index contributed by atoms with van der Waals surface area (Å²) in [5.74, 6) is -1.39. The van der Waals surface area contributed by atoms with Crippen molar-refractivity contribution in [2.24, 2.45) is 5.10 Å². The summed E-state index contributed by atoms with van der Waals surface area (Å²) in [4.78, 5) is 34.2. The maximum atomic E-state index is 12.2. The van der Waals surface area contributed by atoms with E-state index in [-0.39, 0.29) is 11.5 Å². The Balaban J connectivity index is 2.02. The lowest BCUT2D eigenvalue weighted by atomic mass is 10.2. The smallest absolute Gasteiger partial charge is 0.400 e. The first-order valence-corrected chi connectivity index (χ1v) is 7.50. The first-order chi connectivity index (χ1) is 12.4. The van der Waals surface area contributed by atoms with Gasteiger partial charge in [-0.25, -0.2) is 5.43 Å².